The highest BCUT2D eigenvalue weighted by molar-refractivity contribution is 7.89. The zero-order chi connectivity index (χ0) is 22.5. The molecule has 0 unspecified atom stereocenters. The van der Waals surface area contributed by atoms with E-state index in [1.165, 1.54) is 41.7 Å². The highest BCUT2D eigenvalue weighted by Gasteiger charge is 2.23. The average molecular weight is 454 g/mol. The smallest absolute Gasteiger partial charge is 0.414 e. The third kappa shape index (κ3) is 5.43. The van der Waals surface area contributed by atoms with Gasteiger partial charge >= 0.3 is 6.09 Å². The molecule has 3 amide bonds. The molecule has 0 fully saturated rings. The number of imide groups is 1. The van der Waals surface area contributed by atoms with Crippen LogP contribution in [0.5, 0.6) is 0 Å². The molecule has 1 heterocycles. The van der Waals surface area contributed by atoms with Crippen molar-refractivity contribution in [2.45, 2.75) is 31.7 Å². The number of amides is 3. The Kier molecular flexibility index (Phi) is 7.71. The van der Waals surface area contributed by atoms with Crippen LogP contribution in [0, 0.1) is 0 Å². The minimum absolute atomic E-state index is 0.0703. The second-order valence-electron chi connectivity index (χ2n) is 6.43. The van der Waals surface area contributed by atoms with Gasteiger partial charge in [-0.15, -0.1) is 11.3 Å². The molecule has 1 aromatic heterocycles. The third-order valence-corrected chi connectivity index (χ3v) is 7.03. The number of rotatable bonds is 7. The number of ether oxygens (including phenoxy) is 1. The van der Waals surface area contributed by atoms with Gasteiger partial charge in [0, 0.05) is 18.7 Å². The highest BCUT2D eigenvalue weighted by Crippen LogP contribution is 2.24. The first-order valence-corrected chi connectivity index (χ1v) is 11.3. The van der Waals surface area contributed by atoms with E-state index in [4.69, 9.17) is 0 Å². The van der Waals surface area contributed by atoms with Gasteiger partial charge in [0.2, 0.25) is 10.0 Å². The summed E-state index contributed by atoms with van der Waals surface area (Å²) < 4.78 is 30.9. The monoisotopic (exact) mass is 453 g/mol. The lowest BCUT2D eigenvalue weighted by Crippen LogP contribution is -2.33. The zero-order valence-corrected chi connectivity index (χ0v) is 18.6. The number of anilines is 1. The van der Waals surface area contributed by atoms with Gasteiger partial charge in [-0.1, -0.05) is 0 Å². The molecule has 162 valence electrons. The van der Waals surface area contributed by atoms with E-state index < -0.39 is 27.9 Å². The summed E-state index contributed by atoms with van der Waals surface area (Å²) in [6.45, 7) is 5.24. The lowest BCUT2D eigenvalue weighted by molar-refractivity contribution is 0.0926. The van der Waals surface area contributed by atoms with E-state index in [-0.39, 0.29) is 33.7 Å². The van der Waals surface area contributed by atoms with E-state index in [0.29, 0.717) is 0 Å². The summed E-state index contributed by atoms with van der Waals surface area (Å²) in [7, 11) is -2.17. The van der Waals surface area contributed by atoms with Crippen LogP contribution in [0.4, 0.5) is 9.80 Å². The van der Waals surface area contributed by atoms with E-state index in [2.05, 4.69) is 15.4 Å². The van der Waals surface area contributed by atoms with Gasteiger partial charge in [-0.2, -0.15) is 4.31 Å². The first-order valence-electron chi connectivity index (χ1n) is 9.03. The molecule has 0 radical (unpaired) electrons. The van der Waals surface area contributed by atoms with Gasteiger partial charge < -0.3 is 10.1 Å². The first-order chi connectivity index (χ1) is 14.1. The van der Waals surface area contributed by atoms with E-state index in [0.717, 1.165) is 11.3 Å². The van der Waals surface area contributed by atoms with E-state index in [1.54, 1.807) is 26.2 Å². The number of hydrogen-bond donors (Lipinski definition) is 2. The fourth-order valence-corrected chi connectivity index (χ4v) is 4.46. The number of thiophene rings is 1. The van der Waals surface area contributed by atoms with Gasteiger partial charge in [0.1, 0.15) is 5.00 Å². The second kappa shape index (κ2) is 9.83. The van der Waals surface area contributed by atoms with Crippen molar-refractivity contribution < 1.29 is 27.5 Å². The molecule has 0 saturated heterocycles. The van der Waals surface area contributed by atoms with Gasteiger partial charge in [-0.25, -0.2) is 13.2 Å². The maximum Gasteiger partial charge on any atom is 0.414 e. The van der Waals surface area contributed by atoms with Crippen molar-refractivity contribution in [1.82, 2.24) is 9.62 Å². The Hall–Kier alpha value is -2.76. The second-order valence-corrected chi connectivity index (χ2v) is 9.35. The standard InChI is InChI=1S/C19H23N3O6S2/c1-5-28-19(25)21-17(24)15-10-11-29-18(15)20-16(23)13-6-8-14(9-7-13)30(26,27)22(4)12(2)3/h6-12H,5H2,1-4H3,(H,20,23)(H,21,24,25). The van der Waals surface area contributed by atoms with Crippen LogP contribution in [0.15, 0.2) is 40.6 Å². The number of nitrogens with one attached hydrogen (secondary N) is 2. The Labute approximate surface area is 179 Å². The van der Waals surface area contributed by atoms with Crippen molar-refractivity contribution in [1.29, 1.82) is 0 Å². The number of hydrogen-bond acceptors (Lipinski definition) is 7. The predicted molar refractivity (Wildman–Crippen MR) is 113 cm³/mol. The molecule has 2 aromatic rings. The minimum atomic E-state index is -3.66. The maximum absolute atomic E-state index is 12.5. The van der Waals surface area contributed by atoms with Gasteiger partial charge in [0.05, 0.1) is 17.1 Å². The number of sulfonamides is 1. The molecule has 11 heteroatoms. The summed E-state index contributed by atoms with van der Waals surface area (Å²) in [5, 5.41) is 6.50. The molecule has 0 saturated carbocycles. The fourth-order valence-electron chi connectivity index (χ4n) is 2.31. The molecule has 0 spiro atoms. The molecule has 0 aliphatic rings. The van der Waals surface area contributed by atoms with Crippen LogP contribution < -0.4 is 10.6 Å². The topological polar surface area (TPSA) is 122 Å². The van der Waals surface area contributed by atoms with Crippen molar-refractivity contribution >= 4 is 44.3 Å². The Balaban J connectivity index is 2.14. The van der Waals surface area contributed by atoms with Crippen LogP contribution in [-0.2, 0) is 14.8 Å². The maximum atomic E-state index is 12.5. The average Bonchev–Trinajstić information content (AvgIpc) is 3.15. The predicted octanol–water partition coefficient (Wildman–Crippen LogP) is 2.92. The number of alkyl carbamates (subject to hydrolysis) is 1. The largest absolute Gasteiger partial charge is 0.450 e. The lowest BCUT2D eigenvalue weighted by Gasteiger charge is -2.21. The molecule has 30 heavy (non-hydrogen) atoms. The van der Waals surface area contributed by atoms with Crippen LogP contribution in [0.3, 0.4) is 0 Å². The first kappa shape index (κ1) is 23.5. The number of carbonyl (C=O) groups is 3. The Morgan fingerprint density at radius 3 is 2.30 bits per heavy atom. The number of carbonyl (C=O) groups excluding carboxylic acids is 3. The van der Waals surface area contributed by atoms with Crippen LogP contribution in [0.1, 0.15) is 41.5 Å². The van der Waals surface area contributed by atoms with E-state index in [9.17, 15) is 22.8 Å². The molecule has 0 bridgehead atoms. The molecule has 9 nitrogen and oxygen atoms in total. The van der Waals surface area contributed by atoms with E-state index >= 15 is 0 Å². The van der Waals surface area contributed by atoms with Crippen LogP contribution >= 0.6 is 11.3 Å². The molecule has 0 aliphatic heterocycles. The third-order valence-electron chi connectivity index (χ3n) is 4.15. The molecular weight excluding hydrogens is 430 g/mol. The Morgan fingerprint density at radius 1 is 1.10 bits per heavy atom. The van der Waals surface area contributed by atoms with Crippen LogP contribution in [0.2, 0.25) is 0 Å². The highest BCUT2D eigenvalue weighted by atomic mass is 32.2. The van der Waals surface area contributed by atoms with Crippen molar-refractivity contribution in [3.05, 3.63) is 46.8 Å². The lowest BCUT2D eigenvalue weighted by atomic mass is 10.2. The summed E-state index contributed by atoms with van der Waals surface area (Å²) in [6.07, 6.45) is -0.880. The SMILES string of the molecule is CCOC(=O)NC(=O)c1ccsc1NC(=O)c1ccc(S(=O)(=O)N(C)C(C)C)cc1. The van der Waals surface area contributed by atoms with Crippen LogP contribution in [0.25, 0.3) is 0 Å². The summed E-state index contributed by atoms with van der Waals surface area (Å²) in [6, 6.07) is 6.74. The molecule has 0 aliphatic carbocycles. The van der Waals surface area contributed by atoms with Gasteiger partial charge in [0.15, 0.2) is 0 Å². The molecule has 1 aromatic carbocycles. The van der Waals surface area contributed by atoms with Gasteiger partial charge in [-0.3, -0.25) is 14.9 Å². The van der Waals surface area contributed by atoms with Crippen molar-refractivity contribution in [2.24, 2.45) is 0 Å². The molecule has 0 atom stereocenters. The van der Waals surface area contributed by atoms with Crippen molar-refractivity contribution in [2.75, 3.05) is 19.0 Å². The van der Waals surface area contributed by atoms with Crippen molar-refractivity contribution in [3.63, 3.8) is 0 Å². The van der Waals surface area contributed by atoms with Crippen LogP contribution in [-0.4, -0.2) is 50.3 Å². The summed E-state index contributed by atoms with van der Waals surface area (Å²) in [5.74, 6) is -1.23. The Morgan fingerprint density at radius 2 is 1.73 bits per heavy atom. The molecule has 2 rings (SSSR count). The summed E-state index contributed by atoms with van der Waals surface area (Å²) in [5.41, 5.74) is 0.325. The number of benzene rings is 1. The quantitative estimate of drug-likeness (QED) is 0.665. The summed E-state index contributed by atoms with van der Waals surface area (Å²) in [4.78, 5) is 36.2. The van der Waals surface area contributed by atoms with Crippen molar-refractivity contribution in [3.8, 4) is 0 Å². The molecule has 2 N–H and O–H groups in total. The van der Waals surface area contributed by atoms with Gasteiger partial charge in [0.25, 0.3) is 11.8 Å². The Bertz CT molecular complexity index is 1030. The zero-order valence-electron chi connectivity index (χ0n) is 17.0. The normalized spacial score (nSPS) is 11.4. The number of nitrogens with zero attached hydrogens (tertiary/aromatic N) is 1. The fraction of sp³-hybridized carbons (Fsp3) is 0.316. The summed E-state index contributed by atoms with van der Waals surface area (Å²) >= 11 is 1.11. The molecular formula is C19H23N3O6S2. The minimum Gasteiger partial charge on any atom is -0.450 e. The van der Waals surface area contributed by atoms with Gasteiger partial charge in [-0.05, 0) is 56.5 Å². The van der Waals surface area contributed by atoms with E-state index in [1.807, 2.05) is 0 Å².